The molecule has 0 aliphatic rings. The summed E-state index contributed by atoms with van der Waals surface area (Å²) in [7, 11) is 1.59. The van der Waals surface area contributed by atoms with E-state index >= 15 is 0 Å². The van der Waals surface area contributed by atoms with E-state index < -0.39 is 11.4 Å². The molecule has 1 aromatic rings. The zero-order valence-corrected chi connectivity index (χ0v) is 9.56. The second-order valence-electron chi connectivity index (χ2n) is 4.09. The van der Waals surface area contributed by atoms with E-state index in [4.69, 9.17) is 15.6 Å². The molecule has 4 nitrogen and oxygen atoms in total. The van der Waals surface area contributed by atoms with Crippen LogP contribution in [0.15, 0.2) is 24.3 Å². The predicted molar refractivity (Wildman–Crippen MR) is 61.5 cm³/mol. The Hall–Kier alpha value is -1.55. The van der Waals surface area contributed by atoms with Gasteiger partial charge in [0, 0.05) is 6.54 Å². The first kappa shape index (κ1) is 12.5. The van der Waals surface area contributed by atoms with Gasteiger partial charge in [-0.15, -0.1) is 0 Å². The monoisotopic (exact) mass is 223 g/mol. The third-order valence-corrected chi connectivity index (χ3v) is 2.72. The van der Waals surface area contributed by atoms with Crippen LogP contribution >= 0.6 is 0 Å². The quantitative estimate of drug-likeness (QED) is 0.788. The number of carboxylic acids is 1. The molecule has 16 heavy (non-hydrogen) atoms. The maximum Gasteiger partial charge on any atom is 0.310 e. The lowest BCUT2D eigenvalue weighted by Gasteiger charge is -2.22. The molecule has 0 radical (unpaired) electrons. The second kappa shape index (κ2) is 4.99. The minimum atomic E-state index is -0.908. The number of benzene rings is 1. The molecule has 0 amide bonds. The summed E-state index contributed by atoms with van der Waals surface area (Å²) >= 11 is 0. The van der Waals surface area contributed by atoms with Crippen molar-refractivity contribution in [1.29, 1.82) is 0 Å². The van der Waals surface area contributed by atoms with Gasteiger partial charge in [-0.05, 0) is 31.0 Å². The van der Waals surface area contributed by atoms with E-state index in [0.717, 1.165) is 11.3 Å². The Morgan fingerprint density at radius 2 is 2.00 bits per heavy atom. The molecule has 3 N–H and O–H groups in total. The van der Waals surface area contributed by atoms with Gasteiger partial charge >= 0.3 is 5.97 Å². The lowest BCUT2D eigenvalue weighted by Crippen LogP contribution is -2.37. The van der Waals surface area contributed by atoms with Gasteiger partial charge in [0.25, 0.3) is 0 Å². The Morgan fingerprint density at radius 1 is 1.44 bits per heavy atom. The summed E-state index contributed by atoms with van der Waals surface area (Å²) in [5.74, 6) is -0.112. The molecule has 0 saturated carbocycles. The van der Waals surface area contributed by atoms with Gasteiger partial charge in [-0.1, -0.05) is 12.1 Å². The van der Waals surface area contributed by atoms with Crippen LogP contribution in [0.5, 0.6) is 5.75 Å². The van der Waals surface area contributed by atoms with E-state index in [9.17, 15) is 4.79 Å². The van der Waals surface area contributed by atoms with Crippen LogP contribution in [0.25, 0.3) is 0 Å². The van der Waals surface area contributed by atoms with Crippen LogP contribution in [0.3, 0.4) is 0 Å². The maximum atomic E-state index is 11.1. The molecule has 0 unspecified atom stereocenters. The summed E-state index contributed by atoms with van der Waals surface area (Å²) in [5.41, 5.74) is 5.54. The SMILES string of the molecule is COc1ccc(C[C@@](C)(CN)C(=O)O)cc1. The molecule has 0 bridgehead atoms. The molecule has 0 aromatic heterocycles. The van der Waals surface area contributed by atoms with E-state index in [1.807, 2.05) is 24.3 Å². The molecular weight excluding hydrogens is 206 g/mol. The summed E-state index contributed by atoms with van der Waals surface area (Å²) < 4.78 is 5.03. The lowest BCUT2D eigenvalue weighted by molar-refractivity contribution is -0.147. The molecular formula is C12H17NO3. The number of methoxy groups -OCH3 is 1. The van der Waals surface area contributed by atoms with E-state index in [-0.39, 0.29) is 6.54 Å². The standard InChI is InChI=1S/C12H17NO3/c1-12(8-13,11(14)15)7-9-3-5-10(16-2)6-4-9/h3-6H,7-8,13H2,1-2H3,(H,14,15)/t12-/m0/s1. The summed E-state index contributed by atoms with van der Waals surface area (Å²) in [4.78, 5) is 11.1. The number of nitrogens with two attached hydrogens (primary N) is 1. The van der Waals surface area contributed by atoms with Crippen molar-refractivity contribution in [2.24, 2.45) is 11.1 Å². The molecule has 4 heteroatoms. The summed E-state index contributed by atoms with van der Waals surface area (Å²) in [5, 5.41) is 9.09. The maximum absolute atomic E-state index is 11.1. The van der Waals surface area contributed by atoms with Crippen LogP contribution in [-0.2, 0) is 11.2 Å². The van der Waals surface area contributed by atoms with Crippen molar-refractivity contribution in [3.05, 3.63) is 29.8 Å². The van der Waals surface area contributed by atoms with Crippen LogP contribution in [-0.4, -0.2) is 24.7 Å². The van der Waals surface area contributed by atoms with Crippen molar-refractivity contribution < 1.29 is 14.6 Å². The number of ether oxygens (including phenoxy) is 1. The number of carbonyl (C=O) groups is 1. The summed E-state index contributed by atoms with van der Waals surface area (Å²) in [6, 6.07) is 7.34. The second-order valence-corrected chi connectivity index (χ2v) is 4.09. The summed E-state index contributed by atoms with van der Waals surface area (Å²) in [6.45, 7) is 1.77. The number of aliphatic carboxylic acids is 1. The van der Waals surface area contributed by atoms with Crippen molar-refractivity contribution in [3.63, 3.8) is 0 Å². The van der Waals surface area contributed by atoms with Gasteiger partial charge < -0.3 is 15.6 Å². The Morgan fingerprint density at radius 3 is 2.38 bits per heavy atom. The number of rotatable bonds is 5. The lowest BCUT2D eigenvalue weighted by atomic mass is 9.84. The van der Waals surface area contributed by atoms with Crippen molar-refractivity contribution in [3.8, 4) is 5.75 Å². The highest BCUT2D eigenvalue weighted by atomic mass is 16.5. The molecule has 0 spiro atoms. The fourth-order valence-corrected chi connectivity index (χ4v) is 1.43. The minimum absolute atomic E-state index is 0.119. The van der Waals surface area contributed by atoms with Gasteiger partial charge in [-0.3, -0.25) is 4.79 Å². The molecule has 1 rings (SSSR count). The normalized spacial score (nSPS) is 14.2. The molecule has 0 aliphatic carbocycles. The van der Waals surface area contributed by atoms with Gasteiger partial charge in [0.05, 0.1) is 12.5 Å². The van der Waals surface area contributed by atoms with Gasteiger partial charge in [0.1, 0.15) is 5.75 Å². The molecule has 1 atom stereocenters. The van der Waals surface area contributed by atoms with Crippen molar-refractivity contribution >= 4 is 5.97 Å². The summed E-state index contributed by atoms with van der Waals surface area (Å²) in [6.07, 6.45) is 0.419. The molecule has 0 heterocycles. The average Bonchev–Trinajstić information content (AvgIpc) is 2.29. The number of carboxylic acid groups (broad SMARTS) is 1. The molecule has 1 aromatic carbocycles. The first-order chi connectivity index (χ1) is 7.51. The highest BCUT2D eigenvalue weighted by Crippen LogP contribution is 2.23. The predicted octanol–water partition coefficient (Wildman–Crippen LogP) is 1.29. The van der Waals surface area contributed by atoms with Crippen LogP contribution < -0.4 is 10.5 Å². The largest absolute Gasteiger partial charge is 0.497 e. The third kappa shape index (κ3) is 2.73. The highest BCUT2D eigenvalue weighted by molar-refractivity contribution is 5.74. The minimum Gasteiger partial charge on any atom is -0.497 e. The zero-order valence-electron chi connectivity index (χ0n) is 9.56. The Balaban J connectivity index is 2.82. The van der Waals surface area contributed by atoms with Crippen molar-refractivity contribution in [1.82, 2.24) is 0 Å². The van der Waals surface area contributed by atoms with E-state index in [1.54, 1.807) is 14.0 Å². The number of hydrogen-bond donors (Lipinski definition) is 2. The first-order valence-electron chi connectivity index (χ1n) is 5.08. The van der Waals surface area contributed by atoms with Gasteiger partial charge in [-0.25, -0.2) is 0 Å². The zero-order chi connectivity index (χ0) is 12.2. The Kier molecular flexibility index (Phi) is 3.90. The third-order valence-electron chi connectivity index (χ3n) is 2.72. The van der Waals surface area contributed by atoms with E-state index in [0.29, 0.717) is 6.42 Å². The van der Waals surface area contributed by atoms with E-state index in [2.05, 4.69) is 0 Å². The molecule has 88 valence electrons. The molecule has 0 saturated heterocycles. The number of hydrogen-bond acceptors (Lipinski definition) is 3. The van der Waals surface area contributed by atoms with Crippen LogP contribution in [0.2, 0.25) is 0 Å². The topological polar surface area (TPSA) is 72.5 Å². The van der Waals surface area contributed by atoms with Gasteiger partial charge in [0.2, 0.25) is 0 Å². The van der Waals surface area contributed by atoms with Gasteiger partial charge in [0.15, 0.2) is 0 Å². The van der Waals surface area contributed by atoms with Crippen LogP contribution in [0, 0.1) is 5.41 Å². The average molecular weight is 223 g/mol. The fourth-order valence-electron chi connectivity index (χ4n) is 1.43. The Bertz CT molecular complexity index is 361. The van der Waals surface area contributed by atoms with Crippen LogP contribution in [0.4, 0.5) is 0 Å². The fraction of sp³-hybridized carbons (Fsp3) is 0.417. The Labute approximate surface area is 95.0 Å². The molecule has 0 fully saturated rings. The van der Waals surface area contributed by atoms with Crippen molar-refractivity contribution in [2.45, 2.75) is 13.3 Å². The highest BCUT2D eigenvalue weighted by Gasteiger charge is 2.31. The van der Waals surface area contributed by atoms with Gasteiger partial charge in [-0.2, -0.15) is 0 Å². The first-order valence-corrected chi connectivity index (χ1v) is 5.08. The molecule has 0 aliphatic heterocycles. The van der Waals surface area contributed by atoms with E-state index in [1.165, 1.54) is 0 Å². The van der Waals surface area contributed by atoms with Crippen LogP contribution in [0.1, 0.15) is 12.5 Å². The van der Waals surface area contributed by atoms with Crippen molar-refractivity contribution in [2.75, 3.05) is 13.7 Å². The smallest absolute Gasteiger partial charge is 0.310 e.